The zero-order valence-corrected chi connectivity index (χ0v) is 13.1. The second kappa shape index (κ2) is 7.41. The van der Waals surface area contributed by atoms with Crippen LogP contribution in [-0.4, -0.2) is 6.21 Å². The van der Waals surface area contributed by atoms with Crippen LogP contribution in [0.25, 0.3) is 11.1 Å². The monoisotopic (exact) mass is 301 g/mol. The van der Waals surface area contributed by atoms with Crippen molar-refractivity contribution in [1.82, 2.24) is 0 Å². The van der Waals surface area contributed by atoms with Gasteiger partial charge in [-0.25, -0.2) is 0 Å². The fourth-order valence-electron chi connectivity index (χ4n) is 2.50. The molecule has 23 heavy (non-hydrogen) atoms. The van der Waals surface area contributed by atoms with Gasteiger partial charge in [-0.2, -0.15) is 0 Å². The molecule has 0 N–H and O–H groups in total. The average Bonchev–Trinajstić information content (AvgIpc) is 2.60. The third-order valence-electron chi connectivity index (χ3n) is 3.64. The zero-order chi connectivity index (χ0) is 15.9. The first-order valence-corrected chi connectivity index (χ1v) is 7.68. The predicted molar refractivity (Wildman–Crippen MR) is 95.4 cm³/mol. The van der Waals surface area contributed by atoms with Gasteiger partial charge in [-0.1, -0.05) is 89.6 Å². The van der Waals surface area contributed by atoms with Gasteiger partial charge < -0.3 is 4.84 Å². The van der Waals surface area contributed by atoms with Crippen LogP contribution in [0.15, 0.2) is 84.0 Å². The Morgan fingerprint density at radius 2 is 1.65 bits per heavy atom. The summed E-state index contributed by atoms with van der Waals surface area (Å²) in [5, 5.41) is 4.09. The van der Waals surface area contributed by atoms with Crippen LogP contribution in [0.2, 0.25) is 0 Å². The van der Waals surface area contributed by atoms with E-state index in [1.807, 2.05) is 42.5 Å². The molecule has 0 fully saturated rings. The Hall–Kier alpha value is -2.87. The van der Waals surface area contributed by atoms with E-state index in [2.05, 4.69) is 48.5 Å². The van der Waals surface area contributed by atoms with Crippen LogP contribution in [0, 0.1) is 6.92 Å². The minimum absolute atomic E-state index is 0.452. The first-order valence-electron chi connectivity index (χ1n) is 7.68. The Bertz CT molecular complexity index is 794. The molecule has 3 rings (SSSR count). The zero-order valence-electron chi connectivity index (χ0n) is 13.1. The van der Waals surface area contributed by atoms with Crippen molar-refractivity contribution in [1.29, 1.82) is 0 Å². The molecular formula is C21H19NO. The second-order valence-electron chi connectivity index (χ2n) is 5.45. The normalized spacial score (nSPS) is 10.8. The van der Waals surface area contributed by atoms with E-state index in [4.69, 9.17) is 4.84 Å². The number of rotatable bonds is 5. The summed E-state index contributed by atoms with van der Waals surface area (Å²) >= 11 is 0. The highest BCUT2D eigenvalue weighted by Gasteiger charge is 2.04. The molecule has 0 amide bonds. The maximum Gasteiger partial charge on any atom is 0.142 e. The number of aryl methyl sites for hydroxylation is 1. The van der Waals surface area contributed by atoms with Gasteiger partial charge >= 0.3 is 0 Å². The molecular weight excluding hydrogens is 282 g/mol. The van der Waals surface area contributed by atoms with Gasteiger partial charge in [0, 0.05) is 0 Å². The van der Waals surface area contributed by atoms with Crippen molar-refractivity contribution in [3.63, 3.8) is 0 Å². The first-order chi connectivity index (χ1) is 11.3. The number of benzene rings is 3. The second-order valence-corrected chi connectivity index (χ2v) is 5.45. The van der Waals surface area contributed by atoms with Crippen molar-refractivity contribution in [3.8, 4) is 11.1 Å². The Kier molecular flexibility index (Phi) is 4.85. The van der Waals surface area contributed by atoms with Crippen LogP contribution in [0.5, 0.6) is 0 Å². The lowest BCUT2D eigenvalue weighted by Crippen LogP contribution is -1.92. The number of nitrogens with zero attached hydrogens (tertiary/aromatic N) is 1. The molecule has 0 aromatic heterocycles. The van der Waals surface area contributed by atoms with E-state index in [9.17, 15) is 0 Å². The van der Waals surface area contributed by atoms with E-state index in [1.54, 1.807) is 6.21 Å². The maximum atomic E-state index is 5.50. The standard InChI is InChI=1S/C21H19NO/c1-17-8-7-9-18(14-17)15-22-23-16-20-12-5-6-13-21(20)19-10-3-2-4-11-19/h2-15H,16H2,1H3. The highest BCUT2D eigenvalue weighted by Crippen LogP contribution is 2.23. The molecule has 3 aromatic rings. The van der Waals surface area contributed by atoms with E-state index >= 15 is 0 Å². The number of hydrogen-bond acceptors (Lipinski definition) is 2. The number of oxime groups is 1. The molecule has 2 heteroatoms. The quantitative estimate of drug-likeness (QED) is 0.468. The summed E-state index contributed by atoms with van der Waals surface area (Å²) in [4.78, 5) is 5.50. The molecule has 0 unspecified atom stereocenters. The van der Waals surface area contributed by atoms with E-state index in [0.717, 1.165) is 11.1 Å². The third kappa shape index (κ3) is 4.07. The molecule has 0 aliphatic heterocycles. The van der Waals surface area contributed by atoms with Crippen molar-refractivity contribution in [3.05, 3.63) is 95.6 Å². The molecule has 0 aliphatic rings. The van der Waals surface area contributed by atoms with E-state index < -0.39 is 0 Å². The Morgan fingerprint density at radius 3 is 2.48 bits per heavy atom. The van der Waals surface area contributed by atoms with Crippen molar-refractivity contribution in [2.75, 3.05) is 0 Å². The SMILES string of the molecule is Cc1cccc(C=NOCc2ccccc2-c2ccccc2)c1. The highest BCUT2D eigenvalue weighted by atomic mass is 16.6. The first kappa shape index (κ1) is 15.0. The van der Waals surface area contributed by atoms with Gasteiger partial charge in [0.25, 0.3) is 0 Å². The van der Waals surface area contributed by atoms with E-state index in [0.29, 0.717) is 6.61 Å². The van der Waals surface area contributed by atoms with Gasteiger partial charge in [-0.05, 0) is 29.2 Å². The molecule has 2 nitrogen and oxygen atoms in total. The van der Waals surface area contributed by atoms with Crippen LogP contribution in [-0.2, 0) is 11.4 Å². The molecule has 0 spiro atoms. The lowest BCUT2D eigenvalue weighted by Gasteiger charge is -2.08. The van der Waals surface area contributed by atoms with Crippen LogP contribution < -0.4 is 0 Å². The van der Waals surface area contributed by atoms with Gasteiger partial charge in [0.1, 0.15) is 6.61 Å². The molecule has 0 bridgehead atoms. The highest BCUT2D eigenvalue weighted by molar-refractivity contribution is 5.79. The Labute approximate surface area is 137 Å². The smallest absolute Gasteiger partial charge is 0.142 e. The fraction of sp³-hybridized carbons (Fsp3) is 0.0952. The van der Waals surface area contributed by atoms with Gasteiger partial charge in [0.15, 0.2) is 0 Å². The minimum atomic E-state index is 0.452. The van der Waals surface area contributed by atoms with Crippen molar-refractivity contribution in [2.24, 2.45) is 5.16 Å². The lowest BCUT2D eigenvalue weighted by molar-refractivity contribution is 0.132. The molecule has 0 heterocycles. The van der Waals surface area contributed by atoms with Crippen molar-refractivity contribution >= 4 is 6.21 Å². The van der Waals surface area contributed by atoms with Crippen molar-refractivity contribution in [2.45, 2.75) is 13.5 Å². The molecule has 0 saturated carbocycles. The third-order valence-corrected chi connectivity index (χ3v) is 3.64. The predicted octanol–water partition coefficient (Wildman–Crippen LogP) is 5.21. The minimum Gasteiger partial charge on any atom is -0.391 e. The summed E-state index contributed by atoms with van der Waals surface area (Å²) in [6.45, 7) is 2.52. The summed E-state index contributed by atoms with van der Waals surface area (Å²) in [5.41, 5.74) is 5.75. The maximum absolute atomic E-state index is 5.50. The van der Waals surface area contributed by atoms with Crippen LogP contribution in [0.4, 0.5) is 0 Å². The molecule has 0 aliphatic carbocycles. The summed E-state index contributed by atoms with van der Waals surface area (Å²) < 4.78 is 0. The molecule has 114 valence electrons. The fourth-order valence-corrected chi connectivity index (χ4v) is 2.50. The van der Waals surface area contributed by atoms with Crippen LogP contribution in [0.3, 0.4) is 0 Å². The Morgan fingerprint density at radius 1 is 0.870 bits per heavy atom. The largest absolute Gasteiger partial charge is 0.391 e. The van der Waals surface area contributed by atoms with Crippen LogP contribution in [0.1, 0.15) is 16.7 Å². The van der Waals surface area contributed by atoms with Crippen LogP contribution >= 0.6 is 0 Å². The van der Waals surface area contributed by atoms with Gasteiger partial charge in [0.2, 0.25) is 0 Å². The van der Waals surface area contributed by atoms with Crippen molar-refractivity contribution < 1.29 is 4.84 Å². The molecule has 0 atom stereocenters. The van der Waals surface area contributed by atoms with Gasteiger partial charge in [-0.3, -0.25) is 0 Å². The Balaban J connectivity index is 1.69. The van der Waals surface area contributed by atoms with Gasteiger partial charge in [-0.15, -0.1) is 0 Å². The van der Waals surface area contributed by atoms with E-state index in [1.165, 1.54) is 16.7 Å². The average molecular weight is 301 g/mol. The molecule has 0 saturated heterocycles. The van der Waals surface area contributed by atoms with Gasteiger partial charge in [0.05, 0.1) is 6.21 Å². The summed E-state index contributed by atoms with van der Waals surface area (Å²) in [5.74, 6) is 0. The topological polar surface area (TPSA) is 21.6 Å². The number of hydrogen-bond donors (Lipinski definition) is 0. The summed E-state index contributed by atoms with van der Waals surface area (Å²) in [6, 6.07) is 26.7. The summed E-state index contributed by atoms with van der Waals surface area (Å²) in [7, 11) is 0. The molecule has 0 radical (unpaired) electrons. The summed E-state index contributed by atoms with van der Waals surface area (Å²) in [6.07, 6.45) is 1.75. The van der Waals surface area contributed by atoms with E-state index in [-0.39, 0.29) is 0 Å². The molecule has 3 aromatic carbocycles. The lowest BCUT2D eigenvalue weighted by atomic mass is 10.0.